The molecule has 0 saturated heterocycles. The highest BCUT2D eigenvalue weighted by Crippen LogP contribution is 2.08. The van der Waals surface area contributed by atoms with Crippen LogP contribution in [0.5, 0.6) is 0 Å². The molecule has 0 fully saturated rings. The van der Waals surface area contributed by atoms with Crippen LogP contribution in [0.25, 0.3) is 0 Å². The molecule has 0 unspecified atom stereocenters. The van der Waals surface area contributed by atoms with E-state index in [1.165, 1.54) is 25.7 Å². The molecule has 0 bridgehead atoms. The summed E-state index contributed by atoms with van der Waals surface area (Å²) in [4.78, 5) is 0. The molecule has 0 radical (unpaired) electrons. The third kappa shape index (κ3) is 7.99. The SMILES string of the molecule is CCCCCCCC[C@H](O)CF. The Morgan fingerprint density at radius 2 is 1.67 bits per heavy atom. The fourth-order valence-electron chi connectivity index (χ4n) is 1.24. The molecule has 0 saturated carbocycles. The van der Waals surface area contributed by atoms with E-state index in [1.807, 2.05) is 0 Å². The Balaban J connectivity index is 2.90. The van der Waals surface area contributed by atoms with Gasteiger partial charge >= 0.3 is 0 Å². The van der Waals surface area contributed by atoms with Gasteiger partial charge in [0.2, 0.25) is 0 Å². The first-order chi connectivity index (χ1) is 5.81. The van der Waals surface area contributed by atoms with Gasteiger partial charge < -0.3 is 5.11 Å². The number of alkyl halides is 1. The van der Waals surface area contributed by atoms with Crippen molar-refractivity contribution in [1.82, 2.24) is 0 Å². The van der Waals surface area contributed by atoms with E-state index in [1.54, 1.807) is 0 Å². The van der Waals surface area contributed by atoms with Crippen LogP contribution < -0.4 is 0 Å². The maximum absolute atomic E-state index is 11.8. The number of aliphatic hydroxyl groups is 1. The lowest BCUT2D eigenvalue weighted by atomic mass is 10.1. The summed E-state index contributed by atoms with van der Waals surface area (Å²) in [5, 5.41) is 8.89. The lowest BCUT2D eigenvalue weighted by Crippen LogP contribution is -2.07. The number of unbranched alkanes of at least 4 members (excludes halogenated alkanes) is 5. The third-order valence-corrected chi connectivity index (χ3v) is 2.07. The van der Waals surface area contributed by atoms with Crippen LogP contribution in [0.1, 0.15) is 51.9 Å². The lowest BCUT2D eigenvalue weighted by molar-refractivity contribution is 0.128. The minimum Gasteiger partial charge on any atom is -0.390 e. The molecular weight excluding hydrogens is 155 g/mol. The molecule has 0 aromatic rings. The van der Waals surface area contributed by atoms with Crippen LogP contribution >= 0.6 is 0 Å². The Labute approximate surface area is 75.0 Å². The van der Waals surface area contributed by atoms with Crippen LogP contribution in [0.15, 0.2) is 0 Å². The van der Waals surface area contributed by atoms with Crippen LogP contribution in [0.4, 0.5) is 4.39 Å². The standard InChI is InChI=1S/C10H21FO/c1-2-3-4-5-6-7-8-10(12)9-11/h10,12H,2-9H2,1H3/t10-/m0/s1. The number of halogens is 1. The van der Waals surface area contributed by atoms with Crippen molar-refractivity contribution in [2.45, 2.75) is 58.0 Å². The first kappa shape index (κ1) is 11.9. The molecule has 0 aliphatic rings. The molecule has 0 heterocycles. The van der Waals surface area contributed by atoms with E-state index in [2.05, 4.69) is 6.92 Å². The van der Waals surface area contributed by atoms with E-state index >= 15 is 0 Å². The van der Waals surface area contributed by atoms with Gasteiger partial charge in [-0.05, 0) is 6.42 Å². The van der Waals surface area contributed by atoms with Gasteiger partial charge in [-0.3, -0.25) is 0 Å². The minimum atomic E-state index is -0.712. The van der Waals surface area contributed by atoms with Gasteiger partial charge in [0.05, 0.1) is 6.10 Å². The molecule has 0 aromatic carbocycles. The van der Waals surface area contributed by atoms with E-state index < -0.39 is 12.8 Å². The first-order valence-electron chi connectivity index (χ1n) is 5.05. The van der Waals surface area contributed by atoms with Gasteiger partial charge in [-0.1, -0.05) is 45.4 Å². The summed E-state index contributed by atoms with van der Waals surface area (Å²) in [5.74, 6) is 0. The summed E-state index contributed by atoms with van der Waals surface area (Å²) in [6.45, 7) is 1.60. The monoisotopic (exact) mass is 176 g/mol. The normalized spacial score (nSPS) is 13.2. The Kier molecular flexibility index (Phi) is 8.90. The van der Waals surface area contributed by atoms with E-state index in [9.17, 15) is 4.39 Å². The fraction of sp³-hybridized carbons (Fsp3) is 1.00. The van der Waals surface area contributed by atoms with Gasteiger partial charge in [-0.15, -0.1) is 0 Å². The maximum atomic E-state index is 11.8. The summed E-state index contributed by atoms with van der Waals surface area (Å²) in [6.07, 6.45) is 7.08. The molecule has 0 amide bonds. The summed E-state index contributed by atoms with van der Waals surface area (Å²) in [7, 11) is 0. The van der Waals surface area contributed by atoms with Gasteiger partial charge in [-0.25, -0.2) is 4.39 Å². The van der Waals surface area contributed by atoms with Crippen molar-refractivity contribution in [2.75, 3.05) is 6.67 Å². The zero-order valence-corrected chi connectivity index (χ0v) is 8.06. The number of rotatable bonds is 8. The predicted molar refractivity (Wildman–Crippen MR) is 50.0 cm³/mol. The van der Waals surface area contributed by atoms with Crippen LogP contribution in [0.3, 0.4) is 0 Å². The summed E-state index contributed by atoms with van der Waals surface area (Å²) < 4.78 is 11.8. The zero-order valence-electron chi connectivity index (χ0n) is 8.06. The van der Waals surface area contributed by atoms with E-state index in [0.717, 1.165) is 12.8 Å². The first-order valence-corrected chi connectivity index (χ1v) is 5.05. The van der Waals surface area contributed by atoms with Crippen LogP contribution in [-0.2, 0) is 0 Å². The second-order valence-electron chi connectivity index (χ2n) is 3.36. The van der Waals surface area contributed by atoms with Crippen LogP contribution in [0.2, 0.25) is 0 Å². The molecule has 1 N–H and O–H groups in total. The predicted octanol–water partition coefficient (Wildman–Crippen LogP) is 3.07. The molecular formula is C10H21FO. The van der Waals surface area contributed by atoms with Crippen molar-refractivity contribution < 1.29 is 9.50 Å². The average molecular weight is 176 g/mol. The van der Waals surface area contributed by atoms with Crippen molar-refractivity contribution >= 4 is 0 Å². The maximum Gasteiger partial charge on any atom is 0.115 e. The smallest absolute Gasteiger partial charge is 0.115 e. The average Bonchev–Trinajstić information content (AvgIpc) is 2.10. The second kappa shape index (κ2) is 8.98. The summed E-state index contributed by atoms with van der Waals surface area (Å²) >= 11 is 0. The lowest BCUT2D eigenvalue weighted by Gasteiger charge is -2.04. The molecule has 12 heavy (non-hydrogen) atoms. The van der Waals surface area contributed by atoms with Gasteiger partial charge in [0.1, 0.15) is 6.67 Å². The van der Waals surface area contributed by atoms with Crippen molar-refractivity contribution in [1.29, 1.82) is 0 Å². The van der Waals surface area contributed by atoms with Crippen LogP contribution in [0, 0.1) is 0 Å². The number of hydrogen-bond donors (Lipinski definition) is 1. The number of hydrogen-bond acceptors (Lipinski definition) is 1. The van der Waals surface area contributed by atoms with Gasteiger partial charge in [0.15, 0.2) is 0 Å². The minimum absolute atomic E-state index is 0.588. The topological polar surface area (TPSA) is 20.2 Å². The fourth-order valence-corrected chi connectivity index (χ4v) is 1.24. The molecule has 0 aliphatic heterocycles. The van der Waals surface area contributed by atoms with Crippen LogP contribution in [-0.4, -0.2) is 17.9 Å². The largest absolute Gasteiger partial charge is 0.390 e. The second-order valence-corrected chi connectivity index (χ2v) is 3.36. The Morgan fingerprint density at radius 3 is 2.25 bits per heavy atom. The zero-order chi connectivity index (χ0) is 9.23. The van der Waals surface area contributed by atoms with Gasteiger partial charge in [-0.2, -0.15) is 0 Å². The van der Waals surface area contributed by atoms with Crippen molar-refractivity contribution in [3.05, 3.63) is 0 Å². The van der Waals surface area contributed by atoms with Crippen molar-refractivity contribution in [3.8, 4) is 0 Å². The van der Waals surface area contributed by atoms with E-state index in [0.29, 0.717) is 6.42 Å². The molecule has 0 rings (SSSR count). The van der Waals surface area contributed by atoms with Gasteiger partial charge in [0.25, 0.3) is 0 Å². The molecule has 0 spiro atoms. The molecule has 1 nitrogen and oxygen atoms in total. The van der Waals surface area contributed by atoms with Gasteiger partial charge in [0, 0.05) is 0 Å². The molecule has 1 atom stereocenters. The molecule has 0 aromatic heterocycles. The molecule has 2 heteroatoms. The molecule has 0 aliphatic carbocycles. The van der Waals surface area contributed by atoms with E-state index in [4.69, 9.17) is 5.11 Å². The highest BCUT2D eigenvalue weighted by molar-refractivity contribution is 4.53. The Bertz CT molecular complexity index is 85.9. The Morgan fingerprint density at radius 1 is 1.08 bits per heavy atom. The summed E-state index contributed by atoms with van der Waals surface area (Å²) in [5.41, 5.74) is 0. The van der Waals surface area contributed by atoms with Crippen molar-refractivity contribution in [3.63, 3.8) is 0 Å². The Hall–Kier alpha value is -0.110. The highest BCUT2D eigenvalue weighted by atomic mass is 19.1. The third-order valence-electron chi connectivity index (χ3n) is 2.07. The summed E-state index contributed by atoms with van der Waals surface area (Å²) in [6, 6.07) is 0. The molecule has 74 valence electrons. The quantitative estimate of drug-likeness (QED) is 0.563. The van der Waals surface area contributed by atoms with Crippen molar-refractivity contribution in [2.24, 2.45) is 0 Å². The van der Waals surface area contributed by atoms with E-state index in [-0.39, 0.29) is 0 Å². The number of aliphatic hydroxyl groups excluding tert-OH is 1. The highest BCUT2D eigenvalue weighted by Gasteiger charge is 2.01.